The van der Waals surface area contributed by atoms with Crippen LogP contribution in [0, 0.1) is 10.1 Å². The molecule has 2 aromatic rings. The molecule has 0 amide bonds. The summed E-state index contributed by atoms with van der Waals surface area (Å²) >= 11 is 6.02. The molecule has 27 heavy (non-hydrogen) atoms. The Bertz CT molecular complexity index is 959. The third-order valence-corrected chi connectivity index (χ3v) is 6.49. The maximum atomic E-state index is 12.8. The van der Waals surface area contributed by atoms with E-state index in [1.807, 2.05) is 11.9 Å². The predicted octanol–water partition coefficient (Wildman–Crippen LogP) is 2.98. The minimum Gasteiger partial charge on any atom is -0.449 e. The fourth-order valence-electron chi connectivity index (χ4n) is 2.71. The number of para-hydroxylation sites is 1. The summed E-state index contributed by atoms with van der Waals surface area (Å²) in [6.45, 7) is 1.89. The highest BCUT2D eigenvalue weighted by molar-refractivity contribution is 7.89. The van der Waals surface area contributed by atoms with E-state index in [4.69, 9.17) is 16.3 Å². The molecular formula is C17H18ClN3O5S. The molecule has 1 aliphatic rings. The monoisotopic (exact) mass is 411 g/mol. The summed E-state index contributed by atoms with van der Waals surface area (Å²) in [6.07, 6.45) is 0. The summed E-state index contributed by atoms with van der Waals surface area (Å²) in [5, 5.41) is 11.8. The van der Waals surface area contributed by atoms with Gasteiger partial charge in [-0.2, -0.15) is 4.31 Å². The Morgan fingerprint density at radius 3 is 2.37 bits per heavy atom. The lowest BCUT2D eigenvalue weighted by atomic mass is 10.3. The SMILES string of the molecule is CN1CCN(S(=O)(=O)c2ccc(Oc3ccccc3Cl)c([N+](=O)[O-])c2)CC1. The van der Waals surface area contributed by atoms with Crippen LogP contribution in [0.2, 0.25) is 5.02 Å². The lowest BCUT2D eigenvalue weighted by molar-refractivity contribution is -0.385. The molecule has 10 heteroatoms. The Hall–Kier alpha value is -2.20. The molecule has 1 heterocycles. The van der Waals surface area contributed by atoms with Crippen molar-refractivity contribution in [2.24, 2.45) is 0 Å². The average molecular weight is 412 g/mol. The summed E-state index contributed by atoms with van der Waals surface area (Å²) in [5.41, 5.74) is -0.440. The molecule has 1 aliphatic heterocycles. The van der Waals surface area contributed by atoms with Crippen molar-refractivity contribution in [3.05, 3.63) is 57.6 Å². The van der Waals surface area contributed by atoms with Crippen LogP contribution >= 0.6 is 11.6 Å². The molecule has 3 rings (SSSR count). The molecule has 0 unspecified atom stereocenters. The lowest BCUT2D eigenvalue weighted by Gasteiger charge is -2.31. The second kappa shape index (κ2) is 7.81. The second-order valence-electron chi connectivity index (χ2n) is 6.13. The van der Waals surface area contributed by atoms with E-state index in [0.717, 1.165) is 6.07 Å². The van der Waals surface area contributed by atoms with Crippen molar-refractivity contribution in [2.75, 3.05) is 33.2 Å². The average Bonchev–Trinajstić information content (AvgIpc) is 2.64. The summed E-state index contributed by atoms with van der Waals surface area (Å²) in [4.78, 5) is 12.7. The van der Waals surface area contributed by atoms with Crippen molar-refractivity contribution in [3.8, 4) is 11.5 Å². The van der Waals surface area contributed by atoms with Gasteiger partial charge in [-0.1, -0.05) is 23.7 Å². The van der Waals surface area contributed by atoms with Gasteiger partial charge >= 0.3 is 5.69 Å². The molecule has 0 saturated carbocycles. The zero-order valence-corrected chi connectivity index (χ0v) is 16.1. The van der Waals surface area contributed by atoms with Crippen LogP contribution in [-0.4, -0.2) is 55.8 Å². The molecule has 0 aliphatic carbocycles. The Kier molecular flexibility index (Phi) is 5.66. The molecule has 1 saturated heterocycles. The fourth-order valence-corrected chi connectivity index (χ4v) is 4.33. The normalized spacial score (nSPS) is 16.2. The van der Waals surface area contributed by atoms with E-state index in [2.05, 4.69) is 0 Å². The van der Waals surface area contributed by atoms with Crippen LogP contribution in [0.25, 0.3) is 0 Å². The first kappa shape index (κ1) is 19.6. The minimum atomic E-state index is -3.82. The van der Waals surface area contributed by atoms with Gasteiger partial charge in [0.2, 0.25) is 15.8 Å². The zero-order valence-electron chi connectivity index (χ0n) is 14.5. The Balaban J connectivity index is 1.94. The smallest absolute Gasteiger partial charge is 0.312 e. The van der Waals surface area contributed by atoms with Crippen molar-refractivity contribution in [1.29, 1.82) is 0 Å². The second-order valence-corrected chi connectivity index (χ2v) is 8.47. The van der Waals surface area contributed by atoms with Gasteiger partial charge in [0.15, 0.2) is 0 Å². The van der Waals surface area contributed by atoms with E-state index < -0.39 is 20.6 Å². The van der Waals surface area contributed by atoms with Gasteiger partial charge in [0.05, 0.1) is 14.8 Å². The van der Waals surface area contributed by atoms with Gasteiger partial charge in [-0.25, -0.2) is 8.42 Å². The highest BCUT2D eigenvalue weighted by atomic mass is 35.5. The fraction of sp³-hybridized carbons (Fsp3) is 0.294. The van der Waals surface area contributed by atoms with Crippen LogP contribution in [0.5, 0.6) is 11.5 Å². The maximum absolute atomic E-state index is 12.8. The number of hydrogen-bond acceptors (Lipinski definition) is 6. The van der Waals surface area contributed by atoms with Crippen molar-refractivity contribution in [1.82, 2.24) is 9.21 Å². The summed E-state index contributed by atoms with van der Waals surface area (Å²) in [7, 11) is -1.91. The number of likely N-dealkylation sites (N-methyl/N-ethyl adjacent to an activating group) is 1. The van der Waals surface area contributed by atoms with E-state index >= 15 is 0 Å². The van der Waals surface area contributed by atoms with Gasteiger partial charge in [-0.15, -0.1) is 0 Å². The number of benzene rings is 2. The van der Waals surface area contributed by atoms with Gasteiger partial charge < -0.3 is 9.64 Å². The zero-order chi connectivity index (χ0) is 19.6. The number of nitrogens with zero attached hydrogens (tertiary/aromatic N) is 3. The van der Waals surface area contributed by atoms with Crippen LogP contribution in [-0.2, 0) is 10.0 Å². The van der Waals surface area contributed by atoms with E-state index in [9.17, 15) is 18.5 Å². The number of nitro groups is 1. The van der Waals surface area contributed by atoms with Gasteiger partial charge in [0.25, 0.3) is 0 Å². The highest BCUT2D eigenvalue weighted by Gasteiger charge is 2.30. The lowest BCUT2D eigenvalue weighted by Crippen LogP contribution is -2.47. The molecule has 1 fully saturated rings. The molecule has 0 spiro atoms. The first-order valence-corrected chi connectivity index (χ1v) is 10.0. The van der Waals surface area contributed by atoms with Crippen molar-refractivity contribution in [2.45, 2.75) is 4.90 Å². The molecule has 0 N–H and O–H groups in total. The van der Waals surface area contributed by atoms with Crippen molar-refractivity contribution in [3.63, 3.8) is 0 Å². The van der Waals surface area contributed by atoms with E-state index in [1.165, 1.54) is 16.4 Å². The van der Waals surface area contributed by atoms with Crippen LogP contribution in [0.3, 0.4) is 0 Å². The van der Waals surface area contributed by atoms with Gasteiger partial charge in [-0.05, 0) is 31.3 Å². The number of piperazine rings is 1. The number of nitro benzene ring substituents is 1. The molecule has 0 radical (unpaired) electrons. The molecule has 2 aromatic carbocycles. The molecule has 0 bridgehead atoms. The number of ether oxygens (including phenoxy) is 1. The first-order valence-electron chi connectivity index (χ1n) is 8.18. The summed E-state index contributed by atoms with van der Waals surface area (Å²) in [5.74, 6) is 0.169. The van der Waals surface area contributed by atoms with E-state index in [0.29, 0.717) is 31.2 Å². The maximum Gasteiger partial charge on any atom is 0.312 e. The van der Waals surface area contributed by atoms with Gasteiger partial charge in [0, 0.05) is 32.2 Å². The van der Waals surface area contributed by atoms with Crippen LogP contribution < -0.4 is 4.74 Å². The number of rotatable bonds is 5. The standard InChI is InChI=1S/C17H18ClN3O5S/c1-19-8-10-20(11-9-19)27(24,25)13-6-7-17(15(12-13)21(22)23)26-16-5-3-2-4-14(16)18/h2-7,12H,8-11H2,1H3. The minimum absolute atomic E-state index is 0.0783. The quantitative estimate of drug-likeness (QED) is 0.554. The molecule has 144 valence electrons. The van der Waals surface area contributed by atoms with Crippen LogP contribution in [0.1, 0.15) is 0 Å². The topological polar surface area (TPSA) is 93.0 Å². The molecule has 0 atom stereocenters. The number of hydrogen-bond donors (Lipinski definition) is 0. The summed E-state index contributed by atoms with van der Waals surface area (Å²) in [6, 6.07) is 10.2. The third-order valence-electron chi connectivity index (χ3n) is 4.28. The van der Waals surface area contributed by atoms with Crippen LogP contribution in [0.15, 0.2) is 47.4 Å². The molecular weight excluding hydrogens is 394 g/mol. The third kappa shape index (κ3) is 4.22. The Morgan fingerprint density at radius 1 is 1.07 bits per heavy atom. The van der Waals surface area contributed by atoms with E-state index in [1.54, 1.807) is 24.3 Å². The highest BCUT2D eigenvalue weighted by Crippen LogP contribution is 2.36. The molecule has 0 aromatic heterocycles. The Morgan fingerprint density at radius 2 is 1.74 bits per heavy atom. The van der Waals surface area contributed by atoms with Crippen molar-refractivity contribution < 1.29 is 18.1 Å². The largest absolute Gasteiger partial charge is 0.449 e. The molecule has 8 nitrogen and oxygen atoms in total. The number of halogens is 1. The van der Waals surface area contributed by atoms with Crippen LogP contribution in [0.4, 0.5) is 5.69 Å². The van der Waals surface area contributed by atoms with Gasteiger partial charge in [-0.3, -0.25) is 10.1 Å². The van der Waals surface area contributed by atoms with Gasteiger partial charge in [0.1, 0.15) is 5.75 Å². The Labute approximate surface area is 162 Å². The van der Waals surface area contributed by atoms with Crippen molar-refractivity contribution >= 4 is 27.3 Å². The summed E-state index contributed by atoms with van der Waals surface area (Å²) < 4.78 is 32.5. The van der Waals surface area contributed by atoms with E-state index in [-0.39, 0.29) is 16.4 Å². The first-order chi connectivity index (χ1) is 12.8. The number of sulfonamides is 1. The predicted molar refractivity (Wildman–Crippen MR) is 101 cm³/mol.